The average Bonchev–Trinajstić information content (AvgIpc) is 3.61. The summed E-state index contributed by atoms with van der Waals surface area (Å²) in [6.07, 6.45) is 1.86. The summed E-state index contributed by atoms with van der Waals surface area (Å²) in [5.74, 6) is 0.889. The molecule has 4 nitrogen and oxygen atoms in total. The molecular weight excluding hydrogens is 755 g/mol. The van der Waals surface area contributed by atoms with E-state index in [1.54, 1.807) is 0 Å². The number of hydrogen-bond acceptors (Lipinski definition) is 3. The molecule has 62 heavy (non-hydrogen) atoms. The first kappa shape index (κ1) is 42.4. The van der Waals surface area contributed by atoms with E-state index in [9.17, 15) is 5.11 Å². The molecule has 8 rings (SSSR count). The van der Waals surface area contributed by atoms with Crippen LogP contribution in [-0.2, 0) is 21.7 Å². The van der Waals surface area contributed by atoms with Crippen LogP contribution in [0.3, 0.4) is 0 Å². The Morgan fingerprint density at radius 1 is 0.419 bits per heavy atom. The Morgan fingerprint density at radius 3 is 1.40 bits per heavy atom. The molecule has 1 N–H and O–H groups in total. The molecule has 0 fully saturated rings. The van der Waals surface area contributed by atoms with Crippen LogP contribution in [0.4, 0.5) is 0 Å². The number of rotatable bonds is 6. The van der Waals surface area contributed by atoms with Gasteiger partial charge in [-0.2, -0.15) is 0 Å². The Labute approximate surface area is 369 Å². The van der Waals surface area contributed by atoms with Gasteiger partial charge in [0.2, 0.25) is 0 Å². The number of fused-ring (bicyclic) bond motifs is 1. The first-order valence-electron chi connectivity index (χ1n) is 22.0. The highest BCUT2D eigenvalue weighted by molar-refractivity contribution is 6.00. The number of aromatic nitrogens is 3. The molecule has 0 saturated heterocycles. The molecule has 4 heteroatoms. The zero-order valence-corrected chi connectivity index (χ0v) is 38.6. The van der Waals surface area contributed by atoms with Crippen molar-refractivity contribution < 1.29 is 5.11 Å². The van der Waals surface area contributed by atoms with Gasteiger partial charge in [-0.3, -0.25) is 9.55 Å². The van der Waals surface area contributed by atoms with Gasteiger partial charge in [0.25, 0.3) is 0 Å². The molecule has 314 valence electrons. The van der Waals surface area contributed by atoms with E-state index in [0.29, 0.717) is 11.4 Å². The van der Waals surface area contributed by atoms with E-state index < -0.39 is 0 Å². The number of aromatic hydroxyl groups is 1. The lowest BCUT2D eigenvalue weighted by Crippen LogP contribution is -2.11. The van der Waals surface area contributed by atoms with Crippen LogP contribution in [0.5, 0.6) is 5.75 Å². The van der Waals surface area contributed by atoms with Crippen LogP contribution in [0.25, 0.3) is 72.7 Å². The van der Waals surface area contributed by atoms with E-state index in [2.05, 4.69) is 203 Å². The predicted octanol–water partition coefficient (Wildman–Crippen LogP) is 15.7. The van der Waals surface area contributed by atoms with Crippen molar-refractivity contribution in [3.63, 3.8) is 0 Å². The Hall–Kier alpha value is -6.26. The van der Waals surface area contributed by atoms with Gasteiger partial charge in [0.1, 0.15) is 11.6 Å². The van der Waals surface area contributed by atoms with E-state index in [1.807, 2.05) is 30.5 Å². The number of pyridine rings is 1. The standard InChI is InChI=1S/C58H61N3O/c1-55(2,3)43-20-16-37(17-21-43)39-31-41(33-42(32-39)50-15-13-14-30-59-50)49-34-40(38-18-22-44(23-19-38)56(4,5)6)35-51-53(49)60-54(48-29-26-46(36-52(48)62)58(10,11)12)61(51)47-27-24-45(25-28-47)57(7,8)9/h13-36,62H,1-12H3. The summed E-state index contributed by atoms with van der Waals surface area (Å²) in [6.45, 7) is 26.7. The second-order valence-corrected chi connectivity index (χ2v) is 21.1. The monoisotopic (exact) mass is 815 g/mol. The highest BCUT2D eigenvalue weighted by Crippen LogP contribution is 2.43. The molecule has 2 heterocycles. The summed E-state index contributed by atoms with van der Waals surface area (Å²) in [4.78, 5) is 10.4. The third-order valence-electron chi connectivity index (χ3n) is 12.2. The second kappa shape index (κ2) is 15.6. The molecule has 0 atom stereocenters. The van der Waals surface area contributed by atoms with Crippen molar-refractivity contribution in [2.24, 2.45) is 0 Å². The molecule has 0 saturated carbocycles. The minimum absolute atomic E-state index is 0.0115. The van der Waals surface area contributed by atoms with Gasteiger partial charge >= 0.3 is 0 Å². The molecule has 0 bridgehead atoms. The Balaban J connectivity index is 1.46. The Kier molecular flexibility index (Phi) is 10.7. The van der Waals surface area contributed by atoms with Gasteiger partial charge in [0.15, 0.2) is 0 Å². The van der Waals surface area contributed by atoms with Crippen molar-refractivity contribution >= 4 is 11.0 Å². The molecule has 2 aromatic heterocycles. The summed E-state index contributed by atoms with van der Waals surface area (Å²) >= 11 is 0. The fourth-order valence-electron chi connectivity index (χ4n) is 8.26. The zero-order chi connectivity index (χ0) is 44.4. The fourth-order valence-corrected chi connectivity index (χ4v) is 8.26. The lowest BCUT2D eigenvalue weighted by Gasteiger charge is -2.21. The highest BCUT2D eigenvalue weighted by Gasteiger charge is 2.25. The second-order valence-electron chi connectivity index (χ2n) is 21.1. The molecule has 6 aromatic carbocycles. The fraction of sp³-hybridized carbons (Fsp3) is 0.276. The maximum Gasteiger partial charge on any atom is 0.149 e. The molecule has 0 radical (unpaired) electrons. The van der Waals surface area contributed by atoms with Gasteiger partial charge in [-0.1, -0.05) is 156 Å². The van der Waals surface area contributed by atoms with Crippen molar-refractivity contribution in [3.05, 3.63) is 168 Å². The summed E-state index contributed by atoms with van der Waals surface area (Å²) in [5, 5.41) is 11.9. The maximum absolute atomic E-state index is 11.9. The lowest BCUT2D eigenvalue weighted by molar-refractivity contribution is 0.472. The highest BCUT2D eigenvalue weighted by atomic mass is 16.3. The maximum atomic E-state index is 11.9. The van der Waals surface area contributed by atoms with Crippen LogP contribution in [0.1, 0.15) is 105 Å². The van der Waals surface area contributed by atoms with Crippen LogP contribution in [0.2, 0.25) is 0 Å². The zero-order valence-electron chi connectivity index (χ0n) is 38.6. The third-order valence-corrected chi connectivity index (χ3v) is 12.2. The van der Waals surface area contributed by atoms with Crippen LogP contribution in [-0.4, -0.2) is 19.6 Å². The van der Waals surface area contributed by atoms with Gasteiger partial charge in [0.05, 0.1) is 22.3 Å². The minimum Gasteiger partial charge on any atom is -0.507 e. The molecule has 0 unspecified atom stereocenters. The minimum atomic E-state index is -0.132. The quantitative estimate of drug-likeness (QED) is 0.182. The first-order valence-corrected chi connectivity index (χ1v) is 22.0. The topological polar surface area (TPSA) is 50.9 Å². The van der Waals surface area contributed by atoms with Crippen molar-refractivity contribution in [2.75, 3.05) is 0 Å². The largest absolute Gasteiger partial charge is 0.507 e. The van der Waals surface area contributed by atoms with Crippen LogP contribution in [0.15, 0.2) is 146 Å². The molecule has 0 aliphatic rings. The molecular formula is C58H61N3O. The molecule has 0 spiro atoms. The van der Waals surface area contributed by atoms with Crippen molar-refractivity contribution in [1.82, 2.24) is 14.5 Å². The normalized spacial score (nSPS) is 12.6. The third kappa shape index (κ3) is 8.48. The van der Waals surface area contributed by atoms with Crippen LogP contribution >= 0.6 is 0 Å². The SMILES string of the molecule is CC(C)(C)c1ccc(-c2cc(-c3ccccn3)cc(-c3cc(-c4ccc(C(C)(C)C)cc4)cc4c3nc(-c3ccc(C(C)(C)C)cc3O)n4-c3ccc(C(C)(C)C)cc3)c2)cc1. The number of benzene rings is 6. The summed E-state index contributed by atoms with van der Waals surface area (Å²) in [6, 6.07) is 50.3. The van der Waals surface area contributed by atoms with Crippen molar-refractivity contribution in [3.8, 4) is 67.5 Å². The first-order chi connectivity index (χ1) is 29.1. The molecule has 0 amide bonds. The van der Waals surface area contributed by atoms with Crippen molar-refractivity contribution in [1.29, 1.82) is 0 Å². The molecule has 8 aromatic rings. The van der Waals surface area contributed by atoms with E-state index >= 15 is 0 Å². The number of imidazole rings is 1. The summed E-state index contributed by atoms with van der Waals surface area (Å²) in [5.41, 5.74) is 16.7. The summed E-state index contributed by atoms with van der Waals surface area (Å²) in [7, 11) is 0. The van der Waals surface area contributed by atoms with Gasteiger partial charge in [-0.05, 0) is 138 Å². The Morgan fingerprint density at radius 2 is 0.903 bits per heavy atom. The summed E-state index contributed by atoms with van der Waals surface area (Å²) < 4.78 is 2.23. The lowest BCUT2D eigenvalue weighted by atomic mass is 9.85. The van der Waals surface area contributed by atoms with Crippen LogP contribution in [0, 0.1) is 0 Å². The number of phenolic OH excluding ortho intramolecular Hbond substituents is 1. The van der Waals surface area contributed by atoms with Gasteiger partial charge in [-0.15, -0.1) is 0 Å². The molecule has 0 aliphatic carbocycles. The number of phenols is 1. The predicted molar refractivity (Wildman–Crippen MR) is 263 cm³/mol. The number of nitrogens with zero attached hydrogens (tertiary/aromatic N) is 3. The van der Waals surface area contributed by atoms with Gasteiger partial charge in [-0.25, -0.2) is 4.98 Å². The number of hydrogen-bond donors (Lipinski definition) is 1. The smallest absolute Gasteiger partial charge is 0.149 e. The van der Waals surface area contributed by atoms with Gasteiger partial charge in [0, 0.05) is 23.0 Å². The van der Waals surface area contributed by atoms with Crippen LogP contribution < -0.4 is 0 Å². The van der Waals surface area contributed by atoms with Crippen molar-refractivity contribution in [2.45, 2.75) is 105 Å². The van der Waals surface area contributed by atoms with Gasteiger partial charge < -0.3 is 5.11 Å². The van der Waals surface area contributed by atoms with E-state index in [-0.39, 0.29) is 27.4 Å². The van der Waals surface area contributed by atoms with E-state index in [1.165, 1.54) is 16.7 Å². The van der Waals surface area contributed by atoms with E-state index in [4.69, 9.17) is 9.97 Å². The Bertz CT molecular complexity index is 2890. The average molecular weight is 816 g/mol. The molecule has 0 aliphatic heterocycles. The van der Waals surface area contributed by atoms with E-state index in [0.717, 1.165) is 66.9 Å².